The van der Waals surface area contributed by atoms with Crippen LogP contribution in [0.2, 0.25) is 0 Å². The lowest BCUT2D eigenvalue weighted by Gasteiger charge is -2.56. The minimum atomic E-state index is -1.15. The summed E-state index contributed by atoms with van der Waals surface area (Å²) < 4.78 is 25.9. The Morgan fingerprint density at radius 1 is 1.30 bits per heavy atom. The van der Waals surface area contributed by atoms with Crippen LogP contribution in [0.3, 0.4) is 0 Å². The highest BCUT2D eigenvalue weighted by Crippen LogP contribution is 2.52. The Kier molecular flexibility index (Phi) is 5.05. The van der Waals surface area contributed by atoms with E-state index in [2.05, 4.69) is 5.32 Å². The lowest BCUT2D eigenvalue weighted by Crippen LogP contribution is -2.72. The standard InChI is InChI=1S/C22H24FN3O3S/c1-5-28-16-8-6-7-15-18-17(20(27)25(3)4)22(2,29-19(15)16)26(21(30)24-18)14-11-9-13(23)10-12-14/h6-12,17-18H,5H2,1-4H3,(H,24,30). The largest absolute Gasteiger partial charge is 0.490 e. The molecule has 158 valence electrons. The number of anilines is 1. The number of nitrogens with zero attached hydrogens (tertiary/aromatic N) is 2. The zero-order valence-electron chi connectivity index (χ0n) is 17.3. The summed E-state index contributed by atoms with van der Waals surface area (Å²) in [6, 6.07) is 11.2. The summed E-state index contributed by atoms with van der Waals surface area (Å²) in [5, 5.41) is 3.73. The smallest absolute Gasteiger partial charge is 0.233 e. The number of benzene rings is 2. The highest BCUT2D eigenvalue weighted by molar-refractivity contribution is 7.80. The molecular weight excluding hydrogens is 405 g/mol. The van der Waals surface area contributed by atoms with Gasteiger partial charge in [-0.25, -0.2) is 4.39 Å². The summed E-state index contributed by atoms with van der Waals surface area (Å²) in [7, 11) is 3.43. The molecule has 2 aromatic carbocycles. The summed E-state index contributed by atoms with van der Waals surface area (Å²) in [5.74, 6) is 0.130. The molecule has 2 aliphatic rings. The van der Waals surface area contributed by atoms with Gasteiger partial charge in [-0.05, 0) is 56.4 Å². The summed E-state index contributed by atoms with van der Waals surface area (Å²) in [6.07, 6.45) is 0. The van der Waals surface area contributed by atoms with E-state index in [1.54, 1.807) is 36.0 Å². The van der Waals surface area contributed by atoms with Crippen LogP contribution < -0.4 is 19.7 Å². The first kappa shape index (κ1) is 20.4. The second-order valence-electron chi connectivity index (χ2n) is 7.71. The first-order chi connectivity index (χ1) is 14.3. The molecule has 2 aliphatic heterocycles. The third-order valence-corrected chi connectivity index (χ3v) is 5.88. The first-order valence-electron chi connectivity index (χ1n) is 9.80. The Balaban J connectivity index is 1.92. The zero-order valence-corrected chi connectivity index (χ0v) is 18.1. The summed E-state index contributed by atoms with van der Waals surface area (Å²) in [5.41, 5.74) is 0.301. The number of hydrogen-bond donors (Lipinski definition) is 1. The maximum Gasteiger partial charge on any atom is 0.233 e. The van der Waals surface area contributed by atoms with Crippen LogP contribution in [-0.4, -0.2) is 42.3 Å². The second-order valence-corrected chi connectivity index (χ2v) is 8.10. The van der Waals surface area contributed by atoms with Gasteiger partial charge in [-0.1, -0.05) is 12.1 Å². The van der Waals surface area contributed by atoms with E-state index in [9.17, 15) is 9.18 Å². The average Bonchev–Trinajstić information content (AvgIpc) is 2.69. The van der Waals surface area contributed by atoms with Gasteiger partial charge in [0.1, 0.15) is 11.7 Å². The van der Waals surface area contributed by atoms with Gasteiger partial charge in [0.15, 0.2) is 22.3 Å². The molecule has 1 fully saturated rings. The summed E-state index contributed by atoms with van der Waals surface area (Å²) in [4.78, 5) is 16.6. The normalized spacial score (nSPS) is 24.4. The minimum absolute atomic E-state index is 0.0999. The van der Waals surface area contributed by atoms with Crippen molar-refractivity contribution in [3.8, 4) is 11.5 Å². The molecule has 1 N–H and O–H groups in total. The zero-order chi connectivity index (χ0) is 21.6. The fraction of sp³-hybridized carbons (Fsp3) is 0.364. The van der Waals surface area contributed by atoms with Crippen LogP contribution in [0.4, 0.5) is 10.1 Å². The quantitative estimate of drug-likeness (QED) is 0.752. The van der Waals surface area contributed by atoms with E-state index in [1.165, 1.54) is 12.1 Å². The number of ether oxygens (including phenoxy) is 2. The van der Waals surface area contributed by atoms with E-state index in [4.69, 9.17) is 21.7 Å². The van der Waals surface area contributed by atoms with Crippen molar-refractivity contribution in [3.05, 3.63) is 53.8 Å². The Morgan fingerprint density at radius 3 is 2.63 bits per heavy atom. The molecular formula is C22H24FN3O3S. The topological polar surface area (TPSA) is 54.0 Å². The highest BCUT2D eigenvalue weighted by atomic mass is 32.1. The van der Waals surface area contributed by atoms with Crippen LogP contribution in [0.15, 0.2) is 42.5 Å². The van der Waals surface area contributed by atoms with Crippen molar-refractivity contribution in [3.63, 3.8) is 0 Å². The molecule has 0 spiro atoms. The van der Waals surface area contributed by atoms with E-state index in [-0.39, 0.29) is 11.7 Å². The average molecular weight is 430 g/mol. The highest BCUT2D eigenvalue weighted by Gasteiger charge is 2.59. The van der Waals surface area contributed by atoms with Gasteiger partial charge in [-0.3, -0.25) is 9.69 Å². The van der Waals surface area contributed by atoms with E-state index >= 15 is 0 Å². The predicted molar refractivity (Wildman–Crippen MR) is 116 cm³/mol. The van der Waals surface area contributed by atoms with Crippen LogP contribution in [-0.2, 0) is 4.79 Å². The van der Waals surface area contributed by atoms with Gasteiger partial charge >= 0.3 is 0 Å². The molecule has 3 atom stereocenters. The number of carbonyl (C=O) groups excluding carboxylic acids is 1. The van der Waals surface area contributed by atoms with E-state index in [0.717, 1.165) is 5.56 Å². The number of halogens is 1. The molecule has 0 aliphatic carbocycles. The molecule has 2 aromatic rings. The van der Waals surface area contributed by atoms with Crippen LogP contribution in [0.5, 0.6) is 11.5 Å². The summed E-state index contributed by atoms with van der Waals surface area (Å²) in [6.45, 7) is 4.23. The third-order valence-electron chi connectivity index (χ3n) is 5.58. The maximum absolute atomic E-state index is 13.6. The third kappa shape index (κ3) is 3.06. The molecule has 0 saturated carbocycles. The fourth-order valence-corrected chi connectivity index (χ4v) is 4.69. The monoisotopic (exact) mass is 429 g/mol. The van der Waals surface area contributed by atoms with Crippen LogP contribution in [0.25, 0.3) is 0 Å². The van der Waals surface area contributed by atoms with Crippen molar-refractivity contribution < 1.29 is 18.7 Å². The molecule has 8 heteroatoms. The van der Waals surface area contributed by atoms with Gasteiger partial charge in [-0.2, -0.15) is 0 Å². The molecule has 30 heavy (non-hydrogen) atoms. The number of thiocarbonyl (C=S) groups is 1. The number of hydrogen-bond acceptors (Lipinski definition) is 4. The fourth-order valence-electron chi connectivity index (χ4n) is 4.27. The molecule has 3 unspecified atom stereocenters. The Bertz CT molecular complexity index is 998. The number of amides is 1. The van der Waals surface area contributed by atoms with Crippen LogP contribution in [0, 0.1) is 11.7 Å². The Labute approximate surface area is 180 Å². The molecule has 4 rings (SSSR count). The number of para-hydroxylation sites is 1. The minimum Gasteiger partial charge on any atom is -0.490 e. The predicted octanol–water partition coefficient (Wildman–Crippen LogP) is 3.47. The van der Waals surface area contributed by atoms with Crippen molar-refractivity contribution in [1.29, 1.82) is 0 Å². The second kappa shape index (κ2) is 7.43. The first-order valence-corrected chi connectivity index (χ1v) is 10.2. The van der Waals surface area contributed by atoms with Gasteiger partial charge in [0.05, 0.1) is 12.6 Å². The number of nitrogens with one attached hydrogen (secondary N) is 1. The molecule has 2 bridgehead atoms. The van der Waals surface area contributed by atoms with Crippen molar-refractivity contribution in [2.45, 2.75) is 25.6 Å². The van der Waals surface area contributed by atoms with E-state index in [1.807, 2.05) is 32.0 Å². The molecule has 0 radical (unpaired) electrons. The number of carbonyl (C=O) groups is 1. The van der Waals surface area contributed by atoms with Crippen molar-refractivity contribution in [2.75, 3.05) is 25.6 Å². The van der Waals surface area contributed by atoms with Crippen molar-refractivity contribution in [1.82, 2.24) is 10.2 Å². The van der Waals surface area contributed by atoms with Crippen molar-refractivity contribution >= 4 is 28.9 Å². The Hall–Kier alpha value is -2.87. The lowest BCUT2D eigenvalue weighted by atomic mass is 9.78. The molecule has 1 amide bonds. The lowest BCUT2D eigenvalue weighted by molar-refractivity contribution is -0.144. The van der Waals surface area contributed by atoms with E-state index in [0.29, 0.717) is 28.9 Å². The van der Waals surface area contributed by atoms with Crippen LogP contribution >= 0.6 is 12.2 Å². The number of fused-ring (bicyclic) bond motifs is 4. The SMILES string of the molecule is CCOc1cccc2c1OC1(C)C(C(=O)N(C)C)C2NC(=S)N1c1ccc(F)cc1. The molecule has 2 heterocycles. The maximum atomic E-state index is 13.6. The molecule has 1 saturated heterocycles. The summed E-state index contributed by atoms with van der Waals surface area (Å²) >= 11 is 5.67. The Morgan fingerprint density at radius 2 is 2.00 bits per heavy atom. The van der Waals surface area contributed by atoms with Crippen LogP contribution in [0.1, 0.15) is 25.5 Å². The van der Waals surface area contributed by atoms with Gasteiger partial charge in [0.2, 0.25) is 5.91 Å². The van der Waals surface area contributed by atoms with Gasteiger partial charge in [0, 0.05) is 25.3 Å². The van der Waals surface area contributed by atoms with Gasteiger partial charge in [-0.15, -0.1) is 0 Å². The molecule has 6 nitrogen and oxygen atoms in total. The van der Waals surface area contributed by atoms with Crippen molar-refractivity contribution in [2.24, 2.45) is 5.92 Å². The van der Waals surface area contributed by atoms with E-state index < -0.39 is 17.7 Å². The molecule has 0 aromatic heterocycles. The van der Waals surface area contributed by atoms with Gasteiger partial charge in [0.25, 0.3) is 0 Å². The van der Waals surface area contributed by atoms with Gasteiger partial charge < -0.3 is 19.7 Å². The number of rotatable bonds is 4.